The summed E-state index contributed by atoms with van der Waals surface area (Å²) < 4.78 is 19.1. The van der Waals surface area contributed by atoms with Crippen LogP contribution < -0.4 is 9.64 Å². The van der Waals surface area contributed by atoms with Gasteiger partial charge >= 0.3 is 5.97 Å². The lowest BCUT2D eigenvalue weighted by molar-refractivity contribution is -0.139. The molecule has 2 aromatic rings. The van der Waals surface area contributed by atoms with Crippen LogP contribution in [0.5, 0.6) is 5.75 Å². The van der Waals surface area contributed by atoms with Crippen molar-refractivity contribution in [2.75, 3.05) is 11.4 Å². The molecule has 0 spiro atoms. The average molecular weight is 368 g/mol. The van der Waals surface area contributed by atoms with Crippen molar-refractivity contribution in [1.29, 1.82) is 0 Å². The van der Waals surface area contributed by atoms with Crippen molar-refractivity contribution in [2.45, 2.75) is 6.42 Å². The number of carbonyl (C=O) groups is 2. The van der Waals surface area contributed by atoms with Gasteiger partial charge in [-0.2, -0.15) is 0 Å². The highest BCUT2D eigenvalue weighted by Crippen LogP contribution is 2.31. The standard InChI is InChI=1S/C17H12Cl2FNO3/c18-11-5-6-12(19)15(8-11)24-17(23)10-7-16(22)21(9-10)14-4-2-1-3-13(14)20/h1-6,8,10H,7,9H2. The van der Waals surface area contributed by atoms with Gasteiger partial charge in [-0.3, -0.25) is 9.59 Å². The molecule has 24 heavy (non-hydrogen) atoms. The summed E-state index contributed by atoms with van der Waals surface area (Å²) in [4.78, 5) is 25.7. The Balaban J connectivity index is 1.75. The van der Waals surface area contributed by atoms with Crippen molar-refractivity contribution < 1.29 is 18.7 Å². The lowest BCUT2D eigenvalue weighted by Crippen LogP contribution is -2.28. The number of esters is 1. The lowest BCUT2D eigenvalue weighted by Gasteiger charge is -2.17. The first-order valence-corrected chi connectivity index (χ1v) is 7.93. The fraction of sp³-hybridized carbons (Fsp3) is 0.176. The van der Waals surface area contributed by atoms with Gasteiger partial charge in [0.1, 0.15) is 5.82 Å². The molecule has 4 nitrogen and oxygen atoms in total. The molecule has 0 radical (unpaired) electrons. The summed E-state index contributed by atoms with van der Waals surface area (Å²) in [5, 5.41) is 0.612. The van der Waals surface area contributed by atoms with E-state index in [-0.39, 0.29) is 35.3 Å². The fourth-order valence-corrected chi connectivity index (χ4v) is 2.83. The average Bonchev–Trinajstić information content (AvgIpc) is 2.93. The minimum absolute atomic E-state index is 0.0502. The van der Waals surface area contributed by atoms with E-state index in [0.29, 0.717) is 5.02 Å². The molecule has 1 aliphatic rings. The zero-order chi connectivity index (χ0) is 17.3. The first-order chi connectivity index (χ1) is 11.5. The van der Waals surface area contributed by atoms with Gasteiger partial charge in [0, 0.05) is 24.1 Å². The largest absolute Gasteiger partial charge is 0.425 e. The van der Waals surface area contributed by atoms with Crippen molar-refractivity contribution in [3.05, 3.63) is 58.3 Å². The highest BCUT2D eigenvalue weighted by atomic mass is 35.5. The van der Waals surface area contributed by atoms with Crippen LogP contribution in [-0.4, -0.2) is 18.4 Å². The number of anilines is 1. The quantitative estimate of drug-likeness (QED) is 0.606. The maximum absolute atomic E-state index is 13.8. The van der Waals surface area contributed by atoms with E-state index in [1.165, 1.54) is 35.2 Å². The SMILES string of the molecule is O=C(Oc1cc(Cl)ccc1Cl)C1CC(=O)N(c2ccccc2F)C1. The Kier molecular flexibility index (Phi) is 4.73. The van der Waals surface area contributed by atoms with Crippen LogP contribution in [-0.2, 0) is 9.59 Å². The number of hydrogen-bond acceptors (Lipinski definition) is 3. The maximum Gasteiger partial charge on any atom is 0.316 e. The zero-order valence-electron chi connectivity index (χ0n) is 12.3. The predicted molar refractivity (Wildman–Crippen MR) is 89.0 cm³/mol. The number of para-hydroxylation sites is 1. The van der Waals surface area contributed by atoms with Crippen LogP contribution >= 0.6 is 23.2 Å². The van der Waals surface area contributed by atoms with Crippen molar-refractivity contribution in [3.63, 3.8) is 0 Å². The second kappa shape index (κ2) is 6.79. The molecule has 0 saturated carbocycles. The van der Waals surface area contributed by atoms with Crippen LogP contribution in [0.3, 0.4) is 0 Å². The Labute approximate surface area is 147 Å². The Hall–Kier alpha value is -2.11. The molecule has 1 atom stereocenters. The molecule has 124 valence electrons. The fourth-order valence-electron chi connectivity index (χ4n) is 2.52. The lowest BCUT2D eigenvalue weighted by atomic mass is 10.1. The minimum Gasteiger partial charge on any atom is -0.425 e. The molecule has 1 aliphatic heterocycles. The molecule has 1 saturated heterocycles. The topological polar surface area (TPSA) is 46.6 Å². The van der Waals surface area contributed by atoms with Gasteiger partial charge in [-0.1, -0.05) is 35.3 Å². The van der Waals surface area contributed by atoms with Gasteiger partial charge < -0.3 is 9.64 Å². The first kappa shape index (κ1) is 16.7. The number of halogens is 3. The smallest absolute Gasteiger partial charge is 0.316 e. The molecule has 7 heteroatoms. The van der Waals surface area contributed by atoms with Crippen molar-refractivity contribution in [1.82, 2.24) is 0 Å². The van der Waals surface area contributed by atoms with Crippen molar-refractivity contribution >= 4 is 40.8 Å². The van der Waals surface area contributed by atoms with Crippen LogP contribution in [0.2, 0.25) is 10.0 Å². The minimum atomic E-state index is -0.702. The van der Waals surface area contributed by atoms with Crippen molar-refractivity contribution in [2.24, 2.45) is 5.92 Å². The van der Waals surface area contributed by atoms with Gasteiger partial charge in [0.25, 0.3) is 0 Å². The Morgan fingerprint density at radius 1 is 1.21 bits per heavy atom. The molecule has 1 heterocycles. The second-order valence-electron chi connectivity index (χ2n) is 5.35. The third-order valence-electron chi connectivity index (χ3n) is 3.71. The number of rotatable bonds is 3. The second-order valence-corrected chi connectivity index (χ2v) is 6.20. The highest BCUT2D eigenvalue weighted by molar-refractivity contribution is 6.34. The predicted octanol–water partition coefficient (Wildman–Crippen LogP) is 4.09. The summed E-state index contributed by atoms with van der Waals surface area (Å²) in [5.41, 5.74) is 0.151. The van der Waals surface area contributed by atoms with E-state index in [9.17, 15) is 14.0 Å². The number of benzene rings is 2. The van der Waals surface area contributed by atoms with Crippen LogP contribution in [0.4, 0.5) is 10.1 Å². The first-order valence-electron chi connectivity index (χ1n) is 7.17. The highest BCUT2D eigenvalue weighted by Gasteiger charge is 2.37. The number of hydrogen-bond donors (Lipinski definition) is 0. The van der Waals surface area contributed by atoms with Crippen LogP contribution in [0, 0.1) is 11.7 Å². The molecule has 0 N–H and O–H groups in total. The summed E-state index contributed by atoms with van der Waals surface area (Å²) in [5.74, 6) is -2.03. The maximum atomic E-state index is 13.8. The summed E-state index contributed by atoms with van der Waals surface area (Å²) in [6.45, 7) is 0.0524. The normalized spacial score (nSPS) is 17.2. The Morgan fingerprint density at radius 3 is 2.71 bits per heavy atom. The molecule has 1 amide bonds. The van der Waals surface area contributed by atoms with E-state index >= 15 is 0 Å². The van der Waals surface area contributed by atoms with Gasteiger partial charge in [-0.15, -0.1) is 0 Å². The molecular weight excluding hydrogens is 356 g/mol. The number of ether oxygens (including phenoxy) is 1. The van der Waals surface area contributed by atoms with Crippen LogP contribution in [0.25, 0.3) is 0 Å². The molecule has 1 unspecified atom stereocenters. The van der Waals surface area contributed by atoms with E-state index in [2.05, 4.69) is 0 Å². The van der Waals surface area contributed by atoms with Gasteiger partial charge in [0.05, 0.1) is 16.6 Å². The van der Waals surface area contributed by atoms with E-state index in [4.69, 9.17) is 27.9 Å². The van der Waals surface area contributed by atoms with Crippen LogP contribution in [0.15, 0.2) is 42.5 Å². The molecule has 0 bridgehead atoms. The summed E-state index contributed by atoms with van der Waals surface area (Å²) >= 11 is 11.8. The van der Waals surface area contributed by atoms with Gasteiger partial charge in [-0.05, 0) is 24.3 Å². The van der Waals surface area contributed by atoms with Crippen LogP contribution in [0.1, 0.15) is 6.42 Å². The molecule has 0 aliphatic carbocycles. The molecule has 1 fully saturated rings. The summed E-state index contributed by atoms with van der Waals surface area (Å²) in [7, 11) is 0. The van der Waals surface area contributed by atoms with Crippen molar-refractivity contribution in [3.8, 4) is 5.75 Å². The van der Waals surface area contributed by atoms with E-state index < -0.39 is 17.7 Å². The van der Waals surface area contributed by atoms with Gasteiger partial charge in [0.15, 0.2) is 5.75 Å². The third kappa shape index (κ3) is 3.37. The molecule has 2 aromatic carbocycles. The van der Waals surface area contributed by atoms with E-state index in [1.54, 1.807) is 12.1 Å². The zero-order valence-corrected chi connectivity index (χ0v) is 13.9. The monoisotopic (exact) mass is 367 g/mol. The Morgan fingerprint density at radius 2 is 1.96 bits per heavy atom. The number of amides is 1. The number of carbonyl (C=O) groups excluding carboxylic acids is 2. The number of nitrogens with zero attached hydrogens (tertiary/aromatic N) is 1. The van der Waals surface area contributed by atoms with Gasteiger partial charge in [0.2, 0.25) is 5.91 Å². The van der Waals surface area contributed by atoms with E-state index in [0.717, 1.165) is 0 Å². The molecule has 3 rings (SSSR count). The summed E-state index contributed by atoms with van der Waals surface area (Å²) in [6.07, 6.45) is -0.0502. The van der Waals surface area contributed by atoms with E-state index in [1.807, 2.05) is 0 Å². The Bertz CT molecular complexity index is 812. The molecular formula is C17H12Cl2FNO3. The van der Waals surface area contributed by atoms with Gasteiger partial charge in [-0.25, -0.2) is 4.39 Å². The third-order valence-corrected chi connectivity index (χ3v) is 4.25. The summed E-state index contributed by atoms with van der Waals surface area (Å²) in [6, 6.07) is 10.4. The molecule has 0 aromatic heterocycles.